The van der Waals surface area contributed by atoms with Crippen LogP contribution in [0.2, 0.25) is 5.02 Å². The van der Waals surface area contributed by atoms with E-state index >= 15 is 0 Å². The topological polar surface area (TPSA) is 125 Å². The fourth-order valence-corrected chi connectivity index (χ4v) is 6.08. The first kappa shape index (κ1) is 31.9. The smallest absolute Gasteiger partial charge is 0.323 e. The number of carbonyl (C=O) groups is 1. The monoisotopic (exact) mass is 685 g/mol. The molecule has 1 N–H and O–H groups in total. The van der Waals surface area contributed by atoms with Gasteiger partial charge in [-0.15, -0.1) is 5.10 Å². The second kappa shape index (κ2) is 12.8. The van der Waals surface area contributed by atoms with Crippen molar-refractivity contribution >= 4 is 23.2 Å². The number of alkyl halides is 3. The Balaban J connectivity index is 1.31. The number of anilines is 1. The summed E-state index contributed by atoms with van der Waals surface area (Å²) in [7, 11) is 0. The Morgan fingerprint density at radius 1 is 0.980 bits per heavy atom. The van der Waals surface area contributed by atoms with Gasteiger partial charge in [-0.3, -0.25) is 19.1 Å². The second-order valence-electron chi connectivity index (χ2n) is 11.7. The molecule has 2 bridgehead atoms. The maximum Gasteiger partial charge on any atom is 0.436 e. The summed E-state index contributed by atoms with van der Waals surface area (Å²) >= 11 is 6.27. The van der Waals surface area contributed by atoms with Crippen LogP contribution in [0, 0.1) is 5.92 Å². The summed E-state index contributed by atoms with van der Waals surface area (Å²) in [5, 5.41) is 14.8. The van der Waals surface area contributed by atoms with Gasteiger partial charge in [-0.25, -0.2) is 14.3 Å². The van der Waals surface area contributed by atoms with Crippen molar-refractivity contribution in [2.24, 2.45) is 5.92 Å². The zero-order chi connectivity index (χ0) is 34.3. The molecule has 1 aliphatic heterocycles. The molecule has 0 spiro atoms. The van der Waals surface area contributed by atoms with Gasteiger partial charge in [0, 0.05) is 34.3 Å². The van der Waals surface area contributed by atoms with Crippen LogP contribution in [0.15, 0.2) is 96.4 Å². The van der Waals surface area contributed by atoms with Crippen molar-refractivity contribution in [2.45, 2.75) is 38.4 Å². The third-order valence-corrected chi connectivity index (χ3v) is 8.66. The van der Waals surface area contributed by atoms with Crippen molar-refractivity contribution in [2.75, 3.05) is 5.32 Å². The number of halogens is 4. The average molecular weight is 686 g/mol. The van der Waals surface area contributed by atoms with Crippen LogP contribution in [0.25, 0.3) is 33.9 Å². The number of nitrogens with zero attached hydrogens (tertiary/aromatic N) is 8. The molecule has 0 saturated heterocycles. The number of hydrogen-bond acceptors (Lipinski definition) is 7. The molecule has 15 heteroatoms. The Bertz CT molecular complexity index is 2230. The van der Waals surface area contributed by atoms with Gasteiger partial charge in [0.25, 0.3) is 5.56 Å². The van der Waals surface area contributed by atoms with Crippen LogP contribution in [0.4, 0.5) is 18.9 Å². The molecule has 5 heterocycles. The highest BCUT2D eigenvalue weighted by Gasteiger charge is 2.35. The molecule has 0 unspecified atom stereocenters. The number of hydrogen-bond donors (Lipinski definition) is 1. The molecule has 0 aliphatic carbocycles. The van der Waals surface area contributed by atoms with Gasteiger partial charge in [0.15, 0.2) is 5.69 Å². The highest BCUT2D eigenvalue weighted by atomic mass is 35.5. The van der Waals surface area contributed by atoms with E-state index in [-0.39, 0.29) is 33.8 Å². The van der Waals surface area contributed by atoms with Crippen LogP contribution in [-0.2, 0) is 11.0 Å². The highest BCUT2D eigenvalue weighted by molar-refractivity contribution is 6.31. The molecule has 2 aromatic carbocycles. The van der Waals surface area contributed by atoms with Crippen LogP contribution in [0.5, 0.6) is 0 Å². The predicted octanol–water partition coefficient (Wildman–Crippen LogP) is 6.76. The summed E-state index contributed by atoms with van der Waals surface area (Å²) in [4.78, 5) is 36.3. The van der Waals surface area contributed by atoms with E-state index in [9.17, 15) is 22.8 Å². The number of fused-ring (bicyclic) bond motifs is 4. The molecule has 0 saturated carbocycles. The van der Waals surface area contributed by atoms with Gasteiger partial charge in [-0.1, -0.05) is 48.4 Å². The first-order valence-corrected chi connectivity index (χ1v) is 15.7. The molecule has 2 atom stereocenters. The quantitative estimate of drug-likeness (QED) is 0.217. The first-order chi connectivity index (χ1) is 23.6. The minimum atomic E-state index is -4.69. The van der Waals surface area contributed by atoms with Gasteiger partial charge < -0.3 is 5.32 Å². The third-order valence-electron chi connectivity index (χ3n) is 8.42. The van der Waals surface area contributed by atoms with Crippen molar-refractivity contribution in [3.8, 4) is 33.9 Å². The maximum absolute atomic E-state index is 13.9. The second-order valence-corrected chi connectivity index (χ2v) is 12.1. The zero-order valence-electron chi connectivity index (χ0n) is 25.8. The van der Waals surface area contributed by atoms with Gasteiger partial charge in [0.2, 0.25) is 5.91 Å². The summed E-state index contributed by atoms with van der Waals surface area (Å²) in [6.45, 7) is 1.85. The largest absolute Gasteiger partial charge is 0.436 e. The molecule has 248 valence electrons. The van der Waals surface area contributed by atoms with Crippen molar-refractivity contribution in [3.63, 3.8) is 0 Å². The number of para-hydroxylation sites is 1. The van der Waals surface area contributed by atoms with E-state index in [0.717, 1.165) is 22.1 Å². The number of nitrogens with one attached hydrogen (secondary N) is 1. The van der Waals surface area contributed by atoms with Crippen molar-refractivity contribution in [3.05, 3.63) is 118 Å². The SMILES string of the molecule is C[C@@H]1CCC[C@H](n2cnc(-c3cc(Cl)ccc3-n3cc(C(F)(F)F)nn3)cc2=O)c2cc(ccn2)-c2c(cnn2-c2ccccc2)NC1=O. The summed E-state index contributed by atoms with van der Waals surface area (Å²) in [5.74, 6) is -0.470. The van der Waals surface area contributed by atoms with Crippen LogP contribution >= 0.6 is 11.6 Å². The highest BCUT2D eigenvalue weighted by Crippen LogP contribution is 2.35. The molecule has 1 aliphatic rings. The third kappa shape index (κ3) is 6.34. The van der Waals surface area contributed by atoms with Crippen LogP contribution in [-0.4, -0.2) is 45.2 Å². The van der Waals surface area contributed by atoms with E-state index in [2.05, 4.69) is 30.7 Å². The number of benzene rings is 2. The number of pyridine rings is 1. The Labute approximate surface area is 282 Å². The minimum Gasteiger partial charge on any atom is -0.323 e. The lowest BCUT2D eigenvalue weighted by Crippen LogP contribution is -2.27. The fraction of sp³-hybridized carbons (Fsp3) is 0.206. The summed E-state index contributed by atoms with van der Waals surface area (Å²) in [6, 6.07) is 18.4. The number of carbonyl (C=O) groups excluding carboxylic acids is 1. The fourth-order valence-electron chi connectivity index (χ4n) is 5.91. The molecular formula is C34H27ClF3N9O2. The van der Waals surface area contributed by atoms with Crippen LogP contribution in [0.1, 0.15) is 43.6 Å². The molecule has 11 nitrogen and oxygen atoms in total. The van der Waals surface area contributed by atoms with E-state index in [1.54, 1.807) is 17.1 Å². The van der Waals surface area contributed by atoms with E-state index in [4.69, 9.17) is 11.6 Å². The lowest BCUT2D eigenvalue weighted by Gasteiger charge is -2.22. The molecule has 0 fully saturated rings. The minimum absolute atomic E-state index is 0.143. The normalized spacial score (nSPS) is 16.7. The lowest BCUT2D eigenvalue weighted by molar-refractivity contribution is -0.141. The van der Waals surface area contributed by atoms with Gasteiger partial charge in [0.05, 0.1) is 58.9 Å². The van der Waals surface area contributed by atoms with Crippen molar-refractivity contribution in [1.82, 2.24) is 39.3 Å². The Kier molecular flexibility index (Phi) is 8.32. The average Bonchev–Trinajstić information content (AvgIpc) is 3.75. The Morgan fingerprint density at radius 3 is 2.55 bits per heavy atom. The van der Waals surface area contributed by atoms with E-state index in [0.29, 0.717) is 36.3 Å². The number of rotatable bonds is 4. The molecule has 7 rings (SSSR count). The number of aromatic nitrogens is 8. The predicted molar refractivity (Wildman–Crippen MR) is 175 cm³/mol. The molecule has 1 amide bonds. The van der Waals surface area contributed by atoms with Gasteiger partial charge in [0.1, 0.15) is 0 Å². The molecule has 4 aromatic heterocycles. The molecule has 49 heavy (non-hydrogen) atoms. The van der Waals surface area contributed by atoms with Gasteiger partial charge in [-0.05, 0) is 55.3 Å². The van der Waals surface area contributed by atoms with E-state index in [1.807, 2.05) is 49.4 Å². The standard InChI is InChI=1S/C34H27ClF3N9O2/c1-20-6-5-9-29(26-14-21(12-13-39-26)32-27(42-33(20)49)17-41-47(32)23-7-3-2-4-8-23)45-19-40-25(16-31(45)48)24-15-22(35)10-11-28(24)46-18-30(43-44-46)34(36,37)38/h2-4,7-8,10-20,29H,5-6,9H2,1H3,(H,42,49)/t20-,29+/m1/s1. The summed E-state index contributed by atoms with van der Waals surface area (Å²) in [6.07, 6.45) is 2.36. The lowest BCUT2D eigenvalue weighted by atomic mass is 9.97. The summed E-state index contributed by atoms with van der Waals surface area (Å²) in [5.41, 5.74) is 2.42. The van der Waals surface area contributed by atoms with Crippen LogP contribution < -0.4 is 10.9 Å². The van der Waals surface area contributed by atoms with Gasteiger partial charge in [-0.2, -0.15) is 18.3 Å². The van der Waals surface area contributed by atoms with Crippen molar-refractivity contribution < 1.29 is 18.0 Å². The Hall–Kier alpha value is -5.63. The van der Waals surface area contributed by atoms with Gasteiger partial charge >= 0.3 is 6.18 Å². The van der Waals surface area contributed by atoms with Crippen molar-refractivity contribution in [1.29, 1.82) is 0 Å². The zero-order valence-corrected chi connectivity index (χ0v) is 26.6. The molecule has 6 aromatic rings. The number of amides is 1. The first-order valence-electron chi connectivity index (χ1n) is 15.4. The molecule has 0 radical (unpaired) electrons. The molecular weight excluding hydrogens is 659 g/mol. The van der Waals surface area contributed by atoms with Crippen LogP contribution in [0.3, 0.4) is 0 Å². The maximum atomic E-state index is 13.9. The van der Waals surface area contributed by atoms with E-state index < -0.39 is 23.5 Å². The summed E-state index contributed by atoms with van der Waals surface area (Å²) < 4.78 is 44.0. The Morgan fingerprint density at radius 2 is 1.80 bits per heavy atom. The van der Waals surface area contributed by atoms with E-state index in [1.165, 1.54) is 35.2 Å².